The van der Waals surface area contributed by atoms with Crippen molar-refractivity contribution >= 4 is 11.6 Å². The molecule has 0 aliphatic carbocycles. The van der Waals surface area contributed by atoms with Crippen LogP contribution in [0, 0.1) is 11.6 Å². The lowest BCUT2D eigenvalue weighted by molar-refractivity contribution is 0.0950. The Kier molecular flexibility index (Phi) is 3.85. The van der Waals surface area contributed by atoms with E-state index in [-0.39, 0.29) is 18.5 Å². The highest BCUT2D eigenvalue weighted by atomic mass is 19.1. The molecule has 0 N–H and O–H groups in total. The molecule has 23 heavy (non-hydrogen) atoms. The summed E-state index contributed by atoms with van der Waals surface area (Å²) in [5.74, 6) is -2.50. The second kappa shape index (κ2) is 5.83. The molecule has 1 aromatic heterocycles. The van der Waals surface area contributed by atoms with Gasteiger partial charge < -0.3 is 9.47 Å². The minimum Gasteiger partial charge on any atom is -0.493 e. The fraction of sp³-hybridized carbons (Fsp3) is 0.250. The van der Waals surface area contributed by atoms with E-state index in [1.54, 1.807) is 19.1 Å². The van der Waals surface area contributed by atoms with Crippen molar-refractivity contribution in [2.24, 2.45) is 0 Å². The first-order valence-corrected chi connectivity index (χ1v) is 6.98. The molecule has 0 spiro atoms. The first-order valence-electron chi connectivity index (χ1n) is 6.98. The molecular formula is C16H14F2N2O3. The van der Waals surface area contributed by atoms with Crippen molar-refractivity contribution in [3.05, 3.63) is 47.7 Å². The van der Waals surface area contributed by atoms with E-state index >= 15 is 0 Å². The molecule has 1 aliphatic rings. The molecule has 2 heterocycles. The zero-order valence-corrected chi connectivity index (χ0v) is 12.5. The predicted molar refractivity (Wildman–Crippen MR) is 78.9 cm³/mol. The van der Waals surface area contributed by atoms with Gasteiger partial charge in [0.05, 0.1) is 13.7 Å². The third-order valence-electron chi connectivity index (χ3n) is 3.52. The van der Waals surface area contributed by atoms with Crippen molar-refractivity contribution in [1.82, 2.24) is 4.98 Å². The van der Waals surface area contributed by atoms with Crippen LogP contribution in [0.3, 0.4) is 0 Å². The summed E-state index contributed by atoms with van der Waals surface area (Å²) in [6.07, 6.45) is 1.20. The molecule has 1 aliphatic heterocycles. The van der Waals surface area contributed by atoms with E-state index in [2.05, 4.69) is 4.98 Å². The van der Waals surface area contributed by atoms with Gasteiger partial charge >= 0.3 is 0 Å². The average molecular weight is 320 g/mol. The molecular weight excluding hydrogens is 306 g/mol. The third kappa shape index (κ3) is 2.58. The van der Waals surface area contributed by atoms with Gasteiger partial charge in [-0.1, -0.05) is 0 Å². The quantitative estimate of drug-likeness (QED) is 0.854. The molecule has 1 amide bonds. The Morgan fingerprint density at radius 1 is 1.35 bits per heavy atom. The Hall–Kier alpha value is -2.70. The summed E-state index contributed by atoms with van der Waals surface area (Å²) in [5.41, 5.74) is -0.0438. The number of carbonyl (C=O) groups excluding carboxylic acids is 1. The van der Waals surface area contributed by atoms with Crippen molar-refractivity contribution in [3.8, 4) is 11.6 Å². The van der Waals surface area contributed by atoms with Crippen molar-refractivity contribution in [3.63, 3.8) is 0 Å². The van der Waals surface area contributed by atoms with Gasteiger partial charge in [0.2, 0.25) is 5.88 Å². The van der Waals surface area contributed by atoms with E-state index in [0.717, 1.165) is 12.1 Å². The summed E-state index contributed by atoms with van der Waals surface area (Å²) in [7, 11) is 1.19. The van der Waals surface area contributed by atoms with Crippen LogP contribution in [0.5, 0.6) is 11.6 Å². The molecule has 3 rings (SSSR count). The smallest absolute Gasteiger partial charge is 0.265 e. The Labute approximate surface area is 131 Å². The van der Waals surface area contributed by atoms with Gasteiger partial charge in [-0.25, -0.2) is 13.8 Å². The number of ether oxygens (including phenoxy) is 2. The molecule has 0 radical (unpaired) electrons. The molecule has 0 fully saturated rings. The van der Waals surface area contributed by atoms with E-state index in [4.69, 9.17) is 9.47 Å². The lowest BCUT2D eigenvalue weighted by atomic mass is 10.1. The molecule has 5 nitrogen and oxygen atoms in total. The zero-order chi connectivity index (χ0) is 16.6. The van der Waals surface area contributed by atoms with Crippen LogP contribution < -0.4 is 14.4 Å². The number of fused-ring (bicyclic) bond motifs is 1. The Morgan fingerprint density at radius 2 is 2.09 bits per heavy atom. The summed E-state index contributed by atoms with van der Waals surface area (Å²) in [6, 6.07) is 5.09. The molecule has 1 aromatic carbocycles. The molecule has 7 heteroatoms. The van der Waals surface area contributed by atoms with Gasteiger partial charge in [0.15, 0.2) is 11.6 Å². The molecule has 120 valence electrons. The number of hydrogen-bond donors (Lipinski definition) is 0. The number of nitrogens with zero attached hydrogens (tertiary/aromatic N) is 2. The molecule has 0 saturated carbocycles. The maximum absolute atomic E-state index is 14.2. The van der Waals surface area contributed by atoms with Gasteiger partial charge in [-0.3, -0.25) is 9.69 Å². The predicted octanol–water partition coefficient (Wildman–Crippen LogP) is 2.80. The van der Waals surface area contributed by atoms with E-state index in [1.165, 1.54) is 18.2 Å². The Balaban J connectivity index is 2.10. The first-order chi connectivity index (χ1) is 11.0. The zero-order valence-electron chi connectivity index (χ0n) is 12.5. The number of carbonyl (C=O) groups is 1. The van der Waals surface area contributed by atoms with E-state index in [1.807, 2.05) is 0 Å². The summed E-state index contributed by atoms with van der Waals surface area (Å²) in [4.78, 5) is 18.2. The number of aromatic nitrogens is 1. The molecule has 0 bridgehead atoms. The van der Waals surface area contributed by atoms with Crippen molar-refractivity contribution < 1.29 is 23.0 Å². The van der Waals surface area contributed by atoms with Gasteiger partial charge in [-0.2, -0.15) is 0 Å². The average Bonchev–Trinajstić information content (AvgIpc) is 2.55. The SMILES string of the molecule is COc1c(F)ccc(F)c1C(=O)N1CC(C)Oc2ncccc21. The fourth-order valence-corrected chi connectivity index (χ4v) is 2.52. The van der Waals surface area contributed by atoms with E-state index in [0.29, 0.717) is 5.69 Å². The summed E-state index contributed by atoms with van der Waals surface area (Å²) >= 11 is 0. The van der Waals surface area contributed by atoms with Crippen LogP contribution in [0.1, 0.15) is 17.3 Å². The van der Waals surface area contributed by atoms with Crippen LogP contribution in [0.2, 0.25) is 0 Å². The Bertz CT molecular complexity index is 767. The standard InChI is InChI=1S/C16H14F2N2O3/c1-9-8-20(12-4-3-7-19-15(12)23-9)16(21)13-10(17)5-6-11(18)14(13)22-2/h3-7,9H,8H2,1-2H3. The fourth-order valence-electron chi connectivity index (χ4n) is 2.52. The Morgan fingerprint density at radius 3 is 2.83 bits per heavy atom. The van der Waals surface area contributed by atoms with Gasteiger partial charge in [-0.05, 0) is 31.2 Å². The van der Waals surface area contributed by atoms with Gasteiger partial charge in [0.1, 0.15) is 23.2 Å². The highest BCUT2D eigenvalue weighted by Crippen LogP contribution is 2.34. The highest BCUT2D eigenvalue weighted by molar-refractivity contribution is 6.09. The molecule has 1 atom stereocenters. The minimum absolute atomic E-state index is 0.191. The maximum atomic E-state index is 14.2. The van der Waals surface area contributed by atoms with Crippen LogP contribution in [0.25, 0.3) is 0 Å². The van der Waals surface area contributed by atoms with E-state index < -0.39 is 28.9 Å². The van der Waals surface area contributed by atoms with Crippen LogP contribution in [0.4, 0.5) is 14.5 Å². The topological polar surface area (TPSA) is 51.7 Å². The number of methoxy groups -OCH3 is 1. The molecule has 0 saturated heterocycles. The second-order valence-corrected chi connectivity index (χ2v) is 5.11. The summed E-state index contributed by atoms with van der Waals surface area (Å²) in [6.45, 7) is 1.95. The monoisotopic (exact) mass is 320 g/mol. The first kappa shape index (κ1) is 15.2. The van der Waals surface area contributed by atoms with Gasteiger partial charge in [0.25, 0.3) is 5.91 Å². The summed E-state index contributed by atoms with van der Waals surface area (Å²) < 4.78 is 38.4. The number of pyridine rings is 1. The lowest BCUT2D eigenvalue weighted by Gasteiger charge is -2.32. The van der Waals surface area contributed by atoms with Gasteiger partial charge in [0, 0.05) is 6.20 Å². The number of anilines is 1. The largest absolute Gasteiger partial charge is 0.493 e. The molecule has 2 aromatic rings. The lowest BCUT2D eigenvalue weighted by Crippen LogP contribution is -2.43. The second-order valence-electron chi connectivity index (χ2n) is 5.11. The van der Waals surface area contributed by atoms with Crippen LogP contribution >= 0.6 is 0 Å². The van der Waals surface area contributed by atoms with E-state index in [9.17, 15) is 13.6 Å². The van der Waals surface area contributed by atoms with Crippen LogP contribution in [-0.2, 0) is 0 Å². The normalized spacial score (nSPS) is 16.5. The minimum atomic E-state index is -0.849. The highest BCUT2D eigenvalue weighted by Gasteiger charge is 2.33. The van der Waals surface area contributed by atoms with Crippen LogP contribution in [0.15, 0.2) is 30.5 Å². The number of benzene rings is 1. The summed E-state index contributed by atoms with van der Waals surface area (Å²) in [5, 5.41) is 0. The number of halogens is 2. The van der Waals surface area contributed by atoms with Gasteiger partial charge in [-0.15, -0.1) is 0 Å². The van der Waals surface area contributed by atoms with Crippen molar-refractivity contribution in [2.75, 3.05) is 18.6 Å². The third-order valence-corrected chi connectivity index (χ3v) is 3.52. The van der Waals surface area contributed by atoms with Crippen molar-refractivity contribution in [2.45, 2.75) is 13.0 Å². The number of hydrogen-bond acceptors (Lipinski definition) is 4. The maximum Gasteiger partial charge on any atom is 0.265 e. The number of amides is 1. The number of rotatable bonds is 2. The molecule has 1 unspecified atom stereocenters. The van der Waals surface area contributed by atoms with Crippen LogP contribution in [-0.4, -0.2) is 30.6 Å². The van der Waals surface area contributed by atoms with Crippen molar-refractivity contribution in [1.29, 1.82) is 0 Å².